The normalized spacial score (nSPS) is 12.6. The van der Waals surface area contributed by atoms with Crippen molar-refractivity contribution in [3.05, 3.63) is 45.8 Å². The third-order valence-corrected chi connectivity index (χ3v) is 6.19. The van der Waals surface area contributed by atoms with Crippen molar-refractivity contribution in [2.45, 2.75) is 24.2 Å². The van der Waals surface area contributed by atoms with Gasteiger partial charge in [0.1, 0.15) is 5.00 Å². The second-order valence-electron chi connectivity index (χ2n) is 5.98. The quantitative estimate of drug-likeness (QED) is 0.256. The number of thiophene rings is 1. The van der Waals surface area contributed by atoms with Crippen LogP contribution in [-0.4, -0.2) is 37.4 Å². The van der Waals surface area contributed by atoms with Crippen molar-refractivity contribution >= 4 is 52.1 Å². The molecular formula is C19H19N3O4S2. The van der Waals surface area contributed by atoms with E-state index >= 15 is 0 Å². The van der Waals surface area contributed by atoms with Gasteiger partial charge in [-0.15, -0.1) is 23.1 Å². The highest BCUT2D eigenvalue weighted by atomic mass is 32.2. The Morgan fingerprint density at radius 3 is 2.61 bits per heavy atom. The molecule has 0 spiro atoms. The Labute approximate surface area is 170 Å². The largest absolute Gasteiger partial charge is 0.465 e. The zero-order valence-electron chi connectivity index (χ0n) is 15.4. The number of nitrogens with one attached hydrogen (secondary N) is 2. The predicted molar refractivity (Wildman–Crippen MR) is 110 cm³/mol. The summed E-state index contributed by atoms with van der Waals surface area (Å²) in [4.78, 5) is 38.4. The summed E-state index contributed by atoms with van der Waals surface area (Å²) in [5, 5.41) is 6.65. The number of hydrogen-bond donors (Lipinski definition) is 2. The van der Waals surface area contributed by atoms with Crippen molar-refractivity contribution in [1.82, 2.24) is 5.43 Å². The van der Waals surface area contributed by atoms with Gasteiger partial charge in [-0.25, -0.2) is 10.2 Å². The number of aryl methyl sites for hydroxylation is 1. The van der Waals surface area contributed by atoms with E-state index in [4.69, 9.17) is 4.74 Å². The van der Waals surface area contributed by atoms with Crippen LogP contribution < -0.4 is 10.7 Å². The molecule has 1 aliphatic rings. The smallest absolute Gasteiger partial charge is 0.341 e. The highest BCUT2D eigenvalue weighted by molar-refractivity contribution is 7.98. The number of esters is 1. The Morgan fingerprint density at radius 2 is 1.93 bits per heavy atom. The molecule has 7 nitrogen and oxygen atoms in total. The molecule has 0 atom stereocenters. The molecule has 1 aromatic heterocycles. The first-order valence-corrected chi connectivity index (χ1v) is 10.6. The molecule has 0 bridgehead atoms. The number of ether oxygens (including phenoxy) is 1. The number of rotatable bonds is 5. The van der Waals surface area contributed by atoms with Gasteiger partial charge in [0, 0.05) is 9.77 Å². The number of fused-ring (bicyclic) bond motifs is 1. The molecule has 0 unspecified atom stereocenters. The summed E-state index contributed by atoms with van der Waals surface area (Å²) in [5.74, 6) is -2.32. The number of anilines is 1. The van der Waals surface area contributed by atoms with Crippen molar-refractivity contribution in [3.63, 3.8) is 0 Å². The first kappa shape index (κ1) is 20.1. The average molecular weight is 418 g/mol. The van der Waals surface area contributed by atoms with Crippen LogP contribution in [0, 0.1) is 0 Å². The third kappa shape index (κ3) is 4.42. The van der Waals surface area contributed by atoms with E-state index in [1.165, 1.54) is 24.7 Å². The fourth-order valence-electron chi connectivity index (χ4n) is 2.88. The molecule has 0 radical (unpaired) electrons. The van der Waals surface area contributed by atoms with Crippen LogP contribution in [0.1, 0.15) is 32.8 Å². The van der Waals surface area contributed by atoms with Crippen LogP contribution in [0.3, 0.4) is 0 Å². The topological polar surface area (TPSA) is 96.9 Å². The van der Waals surface area contributed by atoms with E-state index < -0.39 is 17.8 Å². The lowest BCUT2D eigenvalue weighted by Crippen LogP contribution is -2.32. The molecule has 0 fully saturated rings. The molecule has 9 heteroatoms. The second-order valence-corrected chi connectivity index (χ2v) is 7.96. The van der Waals surface area contributed by atoms with Gasteiger partial charge in [-0.3, -0.25) is 9.59 Å². The number of benzene rings is 1. The molecule has 0 saturated carbocycles. The number of hydrazone groups is 1. The molecule has 2 N–H and O–H groups in total. The number of amides is 2. The molecule has 2 amide bonds. The van der Waals surface area contributed by atoms with Gasteiger partial charge in [0.25, 0.3) is 0 Å². The van der Waals surface area contributed by atoms with Crippen LogP contribution in [0.25, 0.3) is 0 Å². The Balaban J connectivity index is 1.64. The Bertz CT molecular complexity index is 935. The fraction of sp³-hybridized carbons (Fsp3) is 0.263. The maximum Gasteiger partial charge on any atom is 0.341 e. The van der Waals surface area contributed by atoms with E-state index in [1.807, 2.05) is 30.5 Å². The van der Waals surface area contributed by atoms with Gasteiger partial charge in [0.05, 0.1) is 18.9 Å². The van der Waals surface area contributed by atoms with Crippen LogP contribution in [-0.2, 0) is 27.2 Å². The monoisotopic (exact) mass is 417 g/mol. The lowest BCUT2D eigenvalue weighted by molar-refractivity contribution is -0.136. The minimum Gasteiger partial charge on any atom is -0.465 e. The Kier molecular flexibility index (Phi) is 6.48. The number of methoxy groups -OCH3 is 1. The standard InChI is InChI=1S/C19H19N3O4S2/c1-26-19(25)15-13-4-3-5-14(13)28-18(15)21-16(23)17(24)22-20-10-11-6-8-12(27-2)9-7-11/h6-10H,3-5H2,1-2H3,(H,21,23)(H,22,24)/b20-10+. The maximum absolute atomic E-state index is 12.2. The minimum absolute atomic E-state index is 0.341. The summed E-state index contributed by atoms with van der Waals surface area (Å²) in [6.07, 6.45) is 6.01. The first-order chi connectivity index (χ1) is 13.5. The molecule has 1 heterocycles. The number of nitrogens with zero attached hydrogens (tertiary/aromatic N) is 1. The molecule has 146 valence electrons. The number of hydrogen-bond acceptors (Lipinski definition) is 7. The molecular weight excluding hydrogens is 398 g/mol. The van der Waals surface area contributed by atoms with Crippen molar-refractivity contribution in [3.8, 4) is 0 Å². The summed E-state index contributed by atoms with van der Waals surface area (Å²) >= 11 is 2.93. The summed E-state index contributed by atoms with van der Waals surface area (Å²) in [7, 11) is 1.29. The van der Waals surface area contributed by atoms with E-state index in [0.29, 0.717) is 10.6 Å². The van der Waals surface area contributed by atoms with E-state index in [9.17, 15) is 14.4 Å². The van der Waals surface area contributed by atoms with Crippen molar-refractivity contribution in [2.75, 3.05) is 18.7 Å². The zero-order chi connectivity index (χ0) is 20.1. The van der Waals surface area contributed by atoms with E-state index in [0.717, 1.165) is 40.2 Å². The number of thioether (sulfide) groups is 1. The lowest BCUT2D eigenvalue weighted by Gasteiger charge is -2.06. The second kappa shape index (κ2) is 9.03. The van der Waals surface area contributed by atoms with Gasteiger partial charge < -0.3 is 10.1 Å². The van der Waals surface area contributed by atoms with Gasteiger partial charge in [0.15, 0.2) is 0 Å². The highest BCUT2D eigenvalue weighted by Crippen LogP contribution is 2.39. The van der Waals surface area contributed by atoms with E-state index in [-0.39, 0.29) is 0 Å². The maximum atomic E-state index is 12.2. The highest BCUT2D eigenvalue weighted by Gasteiger charge is 2.29. The molecule has 28 heavy (non-hydrogen) atoms. The molecule has 0 saturated heterocycles. The summed E-state index contributed by atoms with van der Waals surface area (Å²) < 4.78 is 4.82. The van der Waals surface area contributed by atoms with E-state index in [2.05, 4.69) is 15.8 Å². The van der Waals surface area contributed by atoms with Gasteiger partial charge in [0.2, 0.25) is 0 Å². The van der Waals surface area contributed by atoms with Gasteiger partial charge in [-0.05, 0) is 48.8 Å². The van der Waals surface area contributed by atoms with E-state index in [1.54, 1.807) is 11.8 Å². The van der Waals surface area contributed by atoms with Crippen molar-refractivity contribution < 1.29 is 19.1 Å². The third-order valence-electron chi connectivity index (χ3n) is 4.24. The number of carbonyl (C=O) groups is 3. The van der Waals surface area contributed by atoms with Crippen molar-refractivity contribution in [1.29, 1.82) is 0 Å². The lowest BCUT2D eigenvalue weighted by atomic mass is 10.1. The molecule has 2 aromatic rings. The summed E-state index contributed by atoms with van der Waals surface area (Å²) in [6.45, 7) is 0. The van der Waals surface area contributed by atoms with Gasteiger partial charge >= 0.3 is 17.8 Å². The summed E-state index contributed by atoms with van der Waals surface area (Å²) in [5.41, 5.74) is 4.23. The molecule has 1 aromatic carbocycles. The molecule has 0 aliphatic heterocycles. The van der Waals surface area contributed by atoms with Crippen LogP contribution in [0.2, 0.25) is 0 Å². The first-order valence-electron chi connectivity index (χ1n) is 8.54. The zero-order valence-corrected chi connectivity index (χ0v) is 17.0. The SMILES string of the molecule is COC(=O)c1c(NC(=O)C(=O)N/N=C/c2ccc(SC)cc2)sc2c1CCC2. The minimum atomic E-state index is -0.915. The predicted octanol–water partition coefficient (Wildman–Crippen LogP) is 2.83. The average Bonchev–Trinajstić information content (AvgIpc) is 3.28. The van der Waals surface area contributed by atoms with Crippen LogP contribution in [0.15, 0.2) is 34.3 Å². The van der Waals surface area contributed by atoms with Gasteiger partial charge in [-0.2, -0.15) is 5.10 Å². The van der Waals surface area contributed by atoms with Crippen molar-refractivity contribution in [2.24, 2.45) is 5.10 Å². The Hall–Kier alpha value is -2.65. The number of carbonyl (C=O) groups excluding carboxylic acids is 3. The van der Waals surface area contributed by atoms with Crippen LogP contribution >= 0.6 is 23.1 Å². The Morgan fingerprint density at radius 1 is 1.18 bits per heavy atom. The van der Waals surface area contributed by atoms with Crippen LogP contribution in [0.5, 0.6) is 0 Å². The molecule has 1 aliphatic carbocycles. The van der Waals surface area contributed by atoms with Crippen LogP contribution in [0.4, 0.5) is 5.00 Å². The fourth-order valence-corrected chi connectivity index (χ4v) is 4.56. The summed E-state index contributed by atoms with van der Waals surface area (Å²) in [6, 6.07) is 7.59. The van der Waals surface area contributed by atoms with Gasteiger partial charge in [-0.1, -0.05) is 12.1 Å². The molecule has 3 rings (SSSR count).